The molecule has 2 N–H and O–H groups in total. The van der Waals surface area contributed by atoms with Crippen molar-refractivity contribution < 1.29 is 9.53 Å². The number of urea groups is 1. The first-order valence-electron chi connectivity index (χ1n) is 7.34. The minimum absolute atomic E-state index is 0.000428. The van der Waals surface area contributed by atoms with Gasteiger partial charge in [-0.1, -0.05) is 31.2 Å². The quantitative estimate of drug-likeness (QED) is 0.770. The van der Waals surface area contributed by atoms with E-state index >= 15 is 0 Å². The Balaban J connectivity index is 2.44. The molecular weight excluding hydrogens is 266 g/mol. The van der Waals surface area contributed by atoms with Crippen molar-refractivity contribution in [3.05, 3.63) is 35.4 Å². The smallest absolute Gasteiger partial charge is 0.315 e. The van der Waals surface area contributed by atoms with E-state index in [0.717, 1.165) is 18.7 Å². The number of hydrogen-bond acceptors (Lipinski definition) is 3. The highest BCUT2D eigenvalue weighted by atomic mass is 16.5. The maximum Gasteiger partial charge on any atom is 0.315 e. The van der Waals surface area contributed by atoms with E-state index in [1.807, 2.05) is 19.1 Å². The summed E-state index contributed by atoms with van der Waals surface area (Å²) in [5.74, 6) is 0. The highest BCUT2D eigenvalue weighted by Crippen LogP contribution is 2.07. The van der Waals surface area contributed by atoms with Crippen molar-refractivity contribution in [3.8, 4) is 0 Å². The van der Waals surface area contributed by atoms with Crippen LogP contribution in [0.1, 0.15) is 25.0 Å². The number of amides is 2. The number of rotatable bonds is 8. The van der Waals surface area contributed by atoms with Gasteiger partial charge in [-0.25, -0.2) is 4.79 Å². The lowest BCUT2D eigenvalue weighted by atomic mass is 10.1. The summed E-state index contributed by atoms with van der Waals surface area (Å²) < 4.78 is 4.98. The second-order valence-electron chi connectivity index (χ2n) is 5.33. The average Bonchev–Trinajstić information content (AvgIpc) is 2.45. The second kappa shape index (κ2) is 9.37. The number of hydrogen-bond donors (Lipinski definition) is 2. The van der Waals surface area contributed by atoms with Gasteiger partial charge in [-0.2, -0.15) is 0 Å². The fourth-order valence-corrected chi connectivity index (χ4v) is 2.01. The fourth-order valence-electron chi connectivity index (χ4n) is 2.01. The number of nitrogens with zero attached hydrogens (tertiary/aromatic N) is 1. The first kappa shape index (κ1) is 17.5. The molecule has 21 heavy (non-hydrogen) atoms. The average molecular weight is 293 g/mol. The van der Waals surface area contributed by atoms with Crippen LogP contribution in [0.2, 0.25) is 0 Å². The molecule has 0 saturated heterocycles. The molecule has 0 spiro atoms. The predicted molar refractivity (Wildman–Crippen MR) is 85.2 cm³/mol. The molecule has 1 rings (SSSR count). The van der Waals surface area contributed by atoms with Gasteiger partial charge in [-0.3, -0.25) is 0 Å². The maximum atomic E-state index is 11.7. The largest absolute Gasteiger partial charge is 0.383 e. The summed E-state index contributed by atoms with van der Waals surface area (Å²) in [5, 5.41) is 5.69. The molecule has 1 aromatic rings. The van der Waals surface area contributed by atoms with E-state index in [9.17, 15) is 4.79 Å². The topological polar surface area (TPSA) is 53.6 Å². The van der Waals surface area contributed by atoms with Crippen molar-refractivity contribution in [3.63, 3.8) is 0 Å². The Hall–Kier alpha value is -1.59. The van der Waals surface area contributed by atoms with Gasteiger partial charge in [0.25, 0.3) is 0 Å². The van der Waals surface area contributed by atoms with Gasteiger partial charge in [-0.05, 0) is 31.6 Å². The first-order chi connectivity index (χ1) is 10.0. The fraction of sp³-hybridized carbons (Fsp3) is 0.562. The molecule has 2 amide bonds. The van der Waals surface area contributed by atoms with Crippen LogP contribution >= 0.6 is 0 Å². The Morgan fingerprint density at radius 3 is 2.76 bits per heavy atom. The minimum atomic E-state index is -0.171. The van der Waals surface area contributed by atoms with Crippen LogP contribution < -0.4 is 10.6 Å². The number of carbonyl (C=O) groups is 1. The summed E-state index contributed by atoms with van der Waals surface area (Å²) >= 11 is 0. The van der Waals surface area contributed by atoms with Crippen molar-refractivity contribution in [2.24, 2.45) is 0 Å². The maximum absolute atomic E-state index is 11.7. The summed E-state index contributed by atoms with van der Waals surface area (Å²) in [5.41, 5.74) is 2.36. The zero-order valence-corrected chi connectivity index (χ0v) is 13.5. The Morgan fingerprint density at radius 2 is 2.10 bits per heavy atom. The third-order valence-corrected chi connectivity index (χ3v) is 3.23. The molecule has 0 bridgehead atoms. The van der Waals surface area contributed by atoms with Gasteiger partial charge in [-0.15, -0.1) is 0 Å². The molecule has 0 heterocycles. The zero-order chi connectivity index (χ0) is 15.7. The van der Waals surface area contributed by atoms with Crippen LogP contribution in [0.15, 0.2) is 24.3 Å². The third kappa shape index (κ3) is 7.11. The van der Waals surface area contributed by atoms with Crippen molar-refractivity contribution in [1.29, 1.82) is 0 Å². The van der Waals surface area contributed by atoms with Crippen LogP contribution in [-0.4, -0.2) is 44.3 Å². The van der Waals surface area contributed by atoms with Gasteiger partial charge < -0.3 is 20.3 Å². The molecule has 0 aromatic heterocycles. The highest BCUT2D eigenvalue weighted by molar-refractivity contribution is 5.74. The summed E-state index contributed by atoms with van der Waals surface area (Å²) in [6.07, 6.45) is 0. The standard InChI is InChI=1S/C16H27N3O2/c1-5-19(3)11-15-8-6-7-14(9-15)10-17-16(20)18-13(2)12-21-4/h6-9,13H,5,10-12H2,1-4H3,(H2,17,18,20). The van der Waals surface area contributed by atoms with E-state index in [2.05, 4.69) is 41.6 Å². The first-order valence-corrected chi connectivity index (χ1v) is 7.34. The number of nitrogens with one attached hydrogen (secondary N) is 2. The summed E-state index contributed by atoms with van der Waals surface area (Å²) in [6.45, 7) is 7.01. The summed E-state index contributed by atoms with van der Waals surface area (Å²) in [6, 6.07) is 8.12. The summed E-state index contributed by atoms with van der Waals surface area (Å²) in [4.78, 5) is 14.0. The van der Waals surface area contributed by atoms with Crippen molar-refractivity contribution in [1.82, 2.24) is 15.5 Å². The Kier molecular flexibility index (Phi) is 7.79. The van der Waals surface area contributed by atoms with Gasteiger partial charge >= 0.3 is 6.03 Å². The van der Waals surface area contributed by atoms with Gasteiger partial charge in [0.05, 0.1) is 12.6 Å². The van der Waals surface area contributed by atoms with E-state index in [-0.39, 0.29) is 12.1 Å². The highest BCUT2D eigenvalue weighted by Gasteiger charge is 2.06. The van der Waals surface area contributed by atoms with E-state index in [4.69, 9.17) is 4.74 Å². The molecule has 1 aromatic carbocycles. The number of methoxy groups -OCH3 is 1. The third-order valence-electron chi connectivity index (χ3n) is 3.23. The number of ether oxygens (including phenoxy) is 1. The monoisotopic (exact) mass is 293 g/mol. The SMILES string of the molecule is CCN(C)Cc1cccc(CNC(=O)NC(C)COC)c1. The van der Waals surface area contributed by atoms with Crippen LogP contribution in [0.25, 0.3) is 0 Å². The van der Waals surface area contributed by atoms with Crippen LogP contribution in [0.4, 0.5) is 4.79 Å². The molecule has 118 valence electrons. The molecule has 0 aliphatic rings. The molecule has 0 aliphatic carbocycles. The Morgan fingerprint density at radius 1 is 1.38 bits per heavy atom. The molecule has 1 unspecified atom stereocenters. The Bertz CT molecular complexity index is 437. The lowest BCUT2D eigenvalue weighted by Gasteiger charge is -2.15. The van der Waals surface area contributed by atoms with Crippen LogP contribution in [0.5, 0.6) is 0 Å². The van der Waals surface area contributed by atoms with Gasteiger partial charge in [0, 0.05) is 20.2 Å². The van der Waals surface area contributed by atoms with Crippen molar-refractivity contribution in [2.45, 2.75) is 33.0 Å². The molecule has 5 nitrogen and oxygen atoms in total. The number of carbonyl (C=O) groups excluding carboxylic acids is 1. The molecule has 5 heteroatoms. The molecule has 0 radical (unpaired) electrons. The second-order valence-corrected chi connectivity index (χ2v) is 5.33. The van der Waals surface area contributed by atoms with Crippen LogP contribution in [0.3, 0.4) is 0 Å². The summed E-state index contributed by atoms with van der Waals surface area (Å²) in [7, 11) is 3.71. The van der Waals surface area contributed by atoms with Gasteiger partial charge in [0.1, 0.15) is 0 Å². The molecule has 0 aliphatic heterocycles. The van der Waals surface area contributed by atoms with Crippen molar-refractivity contribution >= 4 is 6.03 Å². The molecule has 1 atom stereocenters. The van der Waals surface area contributed by atoms with Crippen molar-refractivity contribution in [2.75, 3.05) is 27.3 Å². The van der Waals surface area contributed by atoms with E-state index < -0.39 is 0 Å². The normalized spacial score (nSPS) is 12.2. The molecule has 0 saturated carbocycles. The lowest BCUT2D eigenvalue weighted by molar-refractivity contribution is 0.171. The van der Waals surface area contributed by atoms with E-state index in [1.165, 1.54) is 5.56 Å². The minimum Gasteiger partial charge on any atom is -0.383 e. The molecule has 0 fully saturated rings. The number of benzene rings is 1. The van der Waals surface area contributed by atoms with Crippen LogP contribution in [-0.2, 0) is 17.8 Å². The lowest BCUT2D eigenvalue weighted by Crippen LogP contribution is -2.42. The predicted octanol–water partition coefficient (Wildman–Crippen LogP) is 1.97. The van der Waals surface area contributed by atoms with Crippen LogP contribution in [0, 0.1) is 0 Å². The van der Waals surface area contributed by atoms with E-state index in [1.54, 1.807) is 7.11 Å². The van der Waals surface area contributed by atoms with Gasteiger partial charge in [0.15, 0.2) is 0 Å². The van der Waals surface area contributed by atoms with Gasteiger partial charge in [0.2, 0.25) is 0 Å². The van der Waals surface area contributed by atoms with E-state index in [0.29, 0.717) is 13.2 Å². The molecular formula is C16H27N3O2. The Labute approximate surface area is 127 Å². The zero-order valence-electron chi connectivity index (χ0n) is 13.5.